The predicted octanol–water partition coefficient (Wildman–Crippen LogP) is 1.97. The largest absolute Gasteiger partial charge is 0.396 e. The van der Waals surface area contributed by atoms with E-state index in [9.17, 15) is 0 Å². The first kappa shape index (κ1) is 7.80. The van der Waals surface area contributed by atoms with Crippen molar-refractivity contribution in [3.8, 4) is 0 Å². The van der Waals surface area contributed by atoms with Gasteiger partial charge in [0.1, 0.15) is 0 Å². The zero-order valence-electron chi connectivity index (χ0n) is 6.80. The smallest absolute Gasteiger partial charge is 0.0433 e. The zero-order valence-corrected chi connectivity index (χ0v) is 6.80. The number of aliphatic hydroxyl groups is 1. The lowest BCUT2D eigenvalue weighted by Gasteiger charge is -2.15. The van der Waals surface area contributed by atoms with Crippen LogP contribution in [0.5, 0.6) is 0 Å². The fourth-order valence-corrected chi connectivity index (χ4v) is 1.63. The lowest BCUT2D eigenvalue weighted by Crippen LogP contribution is -2.08. The van der Waals surface area contributed by atoms with Crippen molar-refractivity contribution in [1.82, 2.24) is 0 Å². The minimum atomic E-state index is 0.343. The van der Waals surface area contributed by atoms with Gasteiger partial charge in [-0.3, -0.25) is 0 Å². The van der Waals surface area contributed by atoms with Crippen LogP contribution < -0.4 is 0 Å². The van der Waals surface area contributed by atoms with Gasteiger partial charge in [0.05, 0.1) is 0 Å². The third kappa shape index (κ3) is 1.40. The average molecular weight is 140 g/mol. The van der Waals surface area contributed by atoms with Crippen molar-refractivity contribution in [1.29, 1.82) is 0 Å². The predicted molar refractivity (Wildman–Crippen MR) is 42.7 cm³/mol. The average Bonchev–Trinajstić information content (AvgIpc) is 2.20. The van der Waals surface area contributed by atoms with Crippen LogP contribution in [-0.4, -0.2) is 11.7 Å². The molecule has 1 aliphatic rings. The van der Waals surface area contributed by atoms with Crippen LogP contribution in [0, 0.1) is 11.8 Å². The molecular weight excluding hydrogens is 124 g/mol. The van der Waals surface area contributed by atoms with Crippen molar-refractivity contribution in [3.05, 3.63) is 11.6 Å². The molecule has 0 bridgehead atoms. The summed E-state index contributed by atoms with van der Waals surface area (Å²) in [5.74, 6) is 1.41. The Morgan fingerprint density at radius 1 is 1.70 bits per heavy atom. The van der Waals surface area contributed by atoms with E-state index in [-0.39, 0.29) is 0 Å². The van der Waals surface area contributed by atoms with Crippen LogP contribution in [0.1, 0.15) is 26.7 Å². The molecule has 0 aromatic rings. The molecule has 1 aliphatic carbocycles. The van der Waals surface area contributed by atoms with Gasteiger partial charge in [-0.05, 0) is 31.6 Å². The Balaban J connectivity index is 2.40. The topological polar surface area (TPSA) is 20.2 Å². The summed E-state index contributed by atoms with van der Waals surface area (Å²) in [6.45, 7) is 4.78. The molecule has 2 unspecified atom stereocenters. The summed E-state index contributed by atoms with van der Waals surface area (Å²) in [5.41, 5.74) is 1.50. The number of rotatable bonds is 2. The van der Waals surface area contributed by atoms with Gasteiger partial charge in [0.15, 0.2) is 0 Å². The summed E-state index contributed by atoms with van der Waals surface area (Å²) < 4.78 is 0. The van der Waals surface area contributed by atoms with Gasteiger partial charge >= 0.3 is 0 Å². The molecule has 0 saturated carbocycles. The van der Waals surface area contributed by atoms with Gasteiger partial charge in [-0.15, -0.1) is 0 Å². The third-order valence-corrected chi connectivity index (χ3v) is 2.67. The first-order valence-corrected chi connectivity index (χ1v) is 4.03. The van der Waals surface area contributed by atoms with E-state index in [4.69, 9.17) is 5.11 Å². The molecule has 1 N–H and O–H groups in total. The summed E-state index contributed by atoms with van der Waals surface area (Å²) in [7, 11) is 0. The van der Waals surface area contributed by atoms with Gasteiger partial charge in [-0.1, -0.05) is 18.6 Å². The van der Waals surface area contributed by atoms with Gasteiger partial charge in [0.25, 0.3) is 0 Å². The normalized spacial score (nSPS) is 32.5. The van der Waals surface area contributed by atoms with E-state index in [1.54, 1.807) is 0 Å². The third-order valence-electron chi connectivity index (χ3n) is 2.67. The van der Waals surface area contributed by atoms with E-state index in [0.29, 0.717) is 18.4 Å². The molecule has 0 heterocycles. The first-order valence-electron chi connectivity index (χ1n) is 4.03. The zero-order chi connectivity index (χ0) is 7.56. The molecule has 0 fully saturated rings. The van der Waals surface area contributed by atoms with Gasteiger partial charge < -0.3 is 5.11 Å². The number of hydrogen-bond donors (Lipinski definition) is 1. The minimum absolute atomic E-state index is 0.343. The summed E-state index contributed by atoms with van der Waals surface area (Å²) in [5, 5.41) is 8.71. The fraction of sp³-hybridized carbons (Fsp3) is 0.778. The molecule has 0 amide bonds. The highest BCUT2D eigenvalue weighted by Crippen LogP contribution is 2.32. The van der Waals surface area contributed by atoms with Crippen molar-refractivity contribution in [3.63, 3.8) is 0 Å². The van der Waals surface area contributed by atoms with Crippen molar-refractivity contribution < 1.29 is 5.11 Å². The highest BCUT2D eigenvalue weighted by Gasteiger charge is 2.21. The molecule has 1 nitrogen and oxygen atoms in total. The van der Waals surface area contributed by atoms with Crippen LogP contribution in [0.4, 0.5) is 0 Å². The highest BCUT2D eigenvalue weighted by atomic mass is 16.3. The molecule has 10 heavy (non-hydrogen) atoms. The van der Waals surface area contributed by atoms with Crippen LogP contribution in [0.2, 0.25) is 0 Å². The second kappa shape index (κ2) is 3.20. The van der Waals surface area contributed by atoms with Crippen molar-refractivity contribution >= 4 is 0 Å². The second-order valence-corrected chi connectivity index (χ2v) is 3.24. The Morgan fingerprint density at radius 3 is 2.80 bits per heavy atom. The Labute approximate surface area is 62.8 Å². The molecular formula is C9H16O. The summed E-state index contributed by atoms with van der Waals surface area (Å²) >= 11 is 0. The van der Waals surface area contributed by atoms with Gasteiger partial charge in [0, 0.05) is 6.61 Å². The maximum Gasteiger partial charge on any atom is 0.0433 e. The Bertz CT molecular complexity index is 138. The summed E-state index contributed by atoms with van der Waals surface area (Å²) in [6, 6.07) is 0. The second-order valence-electron chi connectivity index (χ2n) is 3.24. The molecule has 0 aromatic carbocycles. The van der Waals surface area contributed by atoms with Crippen LogP contribution in [-0.2, 0) is 0 Å². The Hall–Kier alpha value is -0.300. The molecule has 0 radical (unpaired) electrons. The molecule has 0 saturated heterocycles. The number of hydrogen-bond acceptors (Lipinski definition) is 1. The first-order chi connectivity index (χ1) is 4.75. The highest BCUT2D eigenvalue weighted by molar-refractivity contribution is 5.11. The number of allylic oxidation sites excluding steroid dienone is 2. The number of aliphatic hydroxyl groups excluding tert-OH is 1. The fourth-order valence-electron chi connectivity index (χ4n) is 1.63. The minimum Gasteiger partial charge on any atom is -0.396 e. The van der Waals surface area contributed by atoms with Gasteiger partial charge in [-0.2, -0.15) is 0 Å². The molecule has 2 atom stereocenters. The van der Waals surface area contributed by atoms with Gasteiger partial charge in [-0.25, -0.2) is 0 Å². The Morgan fingerprint density at radius 2 is 2.40 bits per heavy atom. The molecule has 1 rings (SSSR count). The summed E-state index contributed by atoms with van der Waals surface area (Å²) in [6.07, 6.45) is 4.44. The van der Waals surface area contributed by atoms with Gasteiger partial charge in [0.2, 0.25) is 0 Å². The van der Waals surface area contributed by atoms with Crippen molar-refractivity contribution in [2.75, 3.05) is 6.61 Å². The van der Waals surface area contributed by atoms with Crippen molar-refractivity contribution in [2.45, 2.75) is 26.7 Å². The van der Waals surface area contributed by atoms with E-state index in [0.717, 1.165) is 6.42 Å². The molecule has 58 valence electrons. The van der Waals surface area contributed by atoms with Crippen LogP contribution in [0.15, 0.2) is 11.6 Å². The van der Waals surface area contributed by atoms with Crippen LogP contribution >= 0.6 is 0 Å². The lowest BCUT2D eigenvalue weighted by molar-refractivity contribution is 0.243. The lowest BCUT2D eigenvalue weighted by atomic mass is 9.91. The molecule has 0 aromatic heterocycles. The molecule has 0 aliphatic heterocycles. The van der Waals surface area contributed by atoms with E-state index < -0.39 is 0 Å². The maximum absolute atomic E-state index is 8.71. The van der Waals surface area contributed by atoms with Crippen molar-refractivity contribution in [2.24, 2.45) is 11.8 Å². The van der Waals surface area contributed by atoms with E-state index >= 15 is 0 Å². The standard InChI is InChI=1S/C9H16O/c1-7-3-4-9(5-6-10)8(7)2/h3,8-10H,4-6H2,1-2H3. The Kier molecular flexibility index (Phi) is 2.50. The van der Waals surface area contributed by atoms with Crippen LogP contribution in [0.3, 0.4) is 0 Å². The van der Waals surface area contributed by atoms with E-state index in [2.05, 4.69) is 19.9 Å². The summed E-state index contributed by atoms with van der Waals surface area (Å²) in [4.78, 5) is 0. The molecule has 1 heteroatoms. The molecule has 0 spiro atoms. The van der Waals surface area contributed by atoms with Crippen LogP contribution in [0.25, 0.3) is 0 Å². The quantitative estimate of drug-likeness (QED) is 0.581. The van der Waals surface area contributed by atoms with E-state index in [1.165, 1.54) is 12.0 Å². The maximum atomic E-state index is 8.71. The monoisotopic (exact) mass is 140 g/mol. The SMILES string of the molecule is CC1=CCC(CCO)C1C. The van der Waals surface area contributed by atoms with E-state index in [1.807, 2.05) is 0 Å².